The molecule has 1 saturated carbocycles. The Morgan fingerprint density at radius 3 is 2.55 bits per heavy atom. The highest BCUT2D eigenvalue weighted by molar-refractivity contribution is 5.97. The summed E-state index contributed by atoms with van der Waals surface area (Å²) in [6.07, 6.45) is 4.35. The first-order valence-corrected chi connectivity index (χ1v) is 7.32. The van der Waals surface area contributed by atoms with Gasteiger partial charge < -0.3 is 15.1 Å². The normalized spacial score (nSPS) is 15.8. The Kier molecular flexibility index (Phi) is 4.53. The minimum Gasteiger partial charge on any atom is -0.504 e. The maximum absolute atomic E-state index is 12.7. The van der Waals surface area contributed by atoms with Crippen LogP contribution in [0.2, 0.25) is 0 Å². The Bertz CT molecular complexity index is 479. The van der Waals surface area contributed by atoms with E-state index < -0.39 is 0 Å². The van der Waals surface area contributed by atoms with E-state index in [0.717, 1.165) is 25.7 Å². The predicted octanol–water partition coefficient (Wildman–Crippen LogP) is 3.14. The second-order valence-corrected chi connectivity index (χ2v) is 5.96. The van der Waals surface area contributed by atoms with E-state index in [0.29, 0.717) is 12.5 Å². The topological polar surface area (TPSA) is 60.8 Å². The van der Waals surface area contributed by atoms with Crippen molar-refractivity contribution < 1.29 is 15.0 Å². The van der Waals surface area contributed by atoms with Crippen LogP contribution < -0.4 is 0 Å². The molecule has 0 bridgehead atoms. The van der Waals surface area contributed by atoms with Crippen molar-refractivity contribution in [3.05, 3.63) is 23.8 Å². The summed E-state index contributed by atoms with van der Waals surface area (Å²) < 4.78 is 0. The molecule has 4 heteroatoms. The number of phenolic OH excluding ortho intramolecular Hbond substituents is 2. The van der Waals surface area contributed by atoms with Gasteiger partial charge in [-0.2, -0.15) is 0 Å². The van der Waals surface area contributed by atoms with Gasteiger partial charge in [-0.1, -0.05) is 32.8 Å². The largest absolute Gasteiger partial charge is 0.504 e. The van der Waals surface area contributed by atoms with Gasteiger partial charge in [-0.3, -0.25) is 4.79 Å². The quantitative estimate of drug-likeness (QED) is 0.831. The summed E-state index contributed by atoms with van der Waals surface area (Å²) in [6, 6.07) is 4.80. The van der Waals surface area contributed by atoms with Crippen LogP contribution in [0.1, 0.15) is 49.9 Å². The lowest BCUT2D eigenvalue weighted by Crippen LogP contribution is -2.41. The molecule has 1 aliphatic carbocycles. The van der Waals surface area contributed by atoms with Crippen LogP contribution in [0, 0.1) is 5.92 Å². The summed E-state index contributed by atoms with van der Waals surface area (Å²) in [5, 5.41) is 19.5. The maximum atomic E-state index is 12.7. The number of carbonyl (C=O) groups excluding carboxylic acids is 1. The molecule has 1 aliphatic rings. The lowest BCUT2D eigenvalue weighted by molar-refractivity contribution is 0.0652. The third-order valence-electron chi connectivity index (χ3n) is 3.83. The molecule has 110 valence electrons. The Morgan fingerprint density at radius 2 is 1.95 bits per heavy atom. The minimum atomic E-state index is -0.316. The average Bonchev–Trinajstić information content (AvgIpc) is 2.92. The van der Waals surface area contributed by atoms with E-state index in [9.17, 15) is 15.0 Å². The van der Waals surface area contributed by atoms with Gasteiger partial charge in [0.25, 0.3) is 5.91 Å². The fourth-order valence-electron chi connectivity index (χ4n) is 2.87. The summed E-state index contributed by atoms with van der Waals surface area (Å²) in [4.78, 5) is 14.6. The van der Waals surface area contributed by atoms with Gasteiger partial charge in [-0.15, -0.1) is 0 Å². The van der Waals surface area contributed by atoms with Crippen LogP contribution in [-0.4, -0.2) is 33.6 Å². The van der Waals surface area contributed by atoms with E-state index in [4.69, 9.17) is 0 Å². The minimum absolute atomic E-state index is 0.181. The molecule has 0 saturated heterocycles. The second kappa shape index (κ2) is 6.16. The number of aromatic hydroxyl groups is 2. The number of rotatable bonds is 4. The van der Waals surface area contributed by atoms with Gasteiger partial charge in [-0.05, 0) is 30.9 Å². The molecule has 0 heterocycles. The standard InChI is InChI=1S/C16H23NO3/c1-11(2)10-17(12-6-3-4-7-12)16(20)13-8-5-9-14(18)15(13)19/h5,8-9,11-12,18-19H,3-4,6-7,10H2,1-2H3. The molecule has 2 N–H and O–H groups in total. The monoisotopic (exact) mass is 277 g/mol. The number of amides is 1. The van der Waals surface area contributed by atoms with Crippen LogP contribution in [0.3, 0.4) is 0 Å². The molecule has 1 amide bonds. The molecular formula is C16H23NO3. The molecule has 0 atom stereocenters. The van der Waals surface area contributed by atoms with Gasteiger partial charge in [0.1, 0.15) is 0 Å². The highest BCUT2D eigenvalue weighted by atomic mass is 16.3. The van der Waals surface area contributed by atoms with Gasteiger partial charge in [-0.25, -0.2) is 0 Å². The maximum Gasteiger partial charge on any atom is 0.258 e. The first-order valence-electron chi connectivity index (χ1n) is 7.32. The molecule has 4 nitrogen and oxygen atoms in total. The number of carbonyl (C=O) groups is 1. The van der Waals surface area contributed by atoms with E-state index in [2.05, 4.69) is 13.8 Å². The zero-order chi connectivity index (χ0) is 14.7. The van der Waals surface area contributed by atoms with Crippen LogP contribution in [0.15, 0.2) is 18.2 Å². The number of hydrogen-bond acceptors (Lipinski definition) is 3. The van der Waals surface area contributed by atoms with Crippen molar-refractivity contribution in [1.82, 2.24) is 4.90 Å². The zero-order valence-corrected chi connectivity index (χ0v) is 12.2. The average molecular weight is 277 g/mol. The second-order valence-electron chi connectivity index (χ2n) is 5.96. The number of benzene rings is 1. The SMILES string of the molecule is CC(C)CN(C(=O)c1cccc(O)c1O)C1CCCC1. The van der Waals surface area contributed by atoms with Crippen LogP contribution in [0.25, 0.3) is 0 Å². The first kappa shape index (κ1) is 14.7. The fraction of sp³-hybridized carbons (Fsp3) is 0.562. The van der Waals surface area contributed by atoms with E-state index in [1.165, 1.54) is 6.07 Å². The van der Waals surface area contributed by atoms with E-state index >= 15 is 0 Å². The van der Waals surface area contributed by atoms with Crippen molar-refractivity contribution in [3.63, 3.8) is 0 Å². The molecule has 1 aromatic carbocycles. The molecule has 1 fully saturated rings. The molecule has 20 heavy (non-hydrogen) atoms. The van der Waals surface area contributed by atoms with Gasteiger partial charge in [0.2, 0.25) is 0 Å². The molecule has 0 aromatic heterocycles. The summed E-state index contributed by atoms with van der Waals surface area (Å²) >= 11 is 0. The Hall–Kier alpha value is -1.71. The van der Waals surface area contributed by atoms with Crippen molar-refractivity contribution in [2.75, 3.05) is 6.54 Å². The molecule has 2 rings (SSSR count). The Labute approximate surface area is 120 Å². The molecule has 0 unspecified atom stereocenters. The van der Waals surface area contributed by atoms with Crippen LogP contribution >= 0.6 is 0 Å². The molecular weight excluding hydrogens is 254 g/mol. The lowest BCUT2D eigenvalue weighted by Gasteiger charge is -2.31. The number of phenols is 2. The summed E-state index contributed by atoms with van der Waals surface area (Å²) in [5.41, 5.74) is 0.192. The lowest BCUT2D eigenvalue weighted by atomic mass is 10.1. The number of para-hydroxylation sites is 1. The smallest absolute Gasteiger partial charge is 0.258 e. The zero-order valence-electron chi connectivity index (χ0n) is 12.2. The Morgan fingerprint density at radius 1 is 1.30 bits per heavy atom. The van der Waals surface area contributed by atoms with Crippen LogP contribution in [0.4, 0.5) is 0 Å². The van der Waals surface area contributed by atoms with E-state index in [-0.39, 0.29) is 29.0 Å². The van der Waals surface area contributed by atoms with Gasteiger partial charge in [0.15, 0.2) is 11.5 Å². The highest BCUT2D eigenvalue weighted by Crippen LogP contribution is 2.32. The summed E-state index contributed by atoms with van der Waals surface area (Å²) in [6.45, 7) is 4.84. The number of nitrogens with zero attached hydrogens (tertiary/aromatic N) is 1. The molecule has 0 aliphatic heterocycles. The molecule has 1 aromatic rings. The van der Waals surface area contributed by atoms with Crippen molar-refractivity contribution in [2.24, 2.45) is 5.92 Å². The van der Waals surface area contributed by atoms with Crippen molar-refractivity contribution in [1.29, 1.82) is 0 Å². The Balaban J connectivity index is 2.27. The van der Waals surface area contributed by atoms with E-state index in [1.54, 1.807) is 12.1 Å². The third kappa shape index (κ3) is 3.06. The predicted molar refractivity (Wildman–Crippen MR) is 77.9 cm³/mol. The summed E-state index contributed by atoms with van der Waals surface area (Å²) in [5.74, 6) is -0.367. The van der Waals surface area contributed by atoms with Crippen molar-refractivity contribution in [2.45, 2.75) is 45.6 Å². The molecule has 0 radical (unpaired) electrons. The van der Waals surface area contributed by atoms with Crippen LogP contribution in [0.5, 0.6) is 11.5 Å². The van der Waals surface area contributed by atoms with Gasteiger partial charge >= 0.3 is 0 Å². The van der Waals surface area contributed by atoms with Crippen molar-refractivity contribution in [3.8, 4) is 11.5 Å². The van der Waals surface area contributed by atoms with E-state index in [1.807, 2.05) is 4.90 Å². The summed E-state index contributed by atoms with van der Waals surface area (Å²) in [7, 11) is 0. The fourth-order valence-corrected chi connectivity index (χ4v) is 2.87. The van der Waals surface area contributed by atoms with Crippen molar-refractivity contribution >= 4 is 5.91 Å². The molecule has 0 spiro atoms. The van der Waals surface area contributed by atoms with Gasteiger partial charge in [0, 0.05) is 12.6 Å². The first-order chi connectivity index (χ1) is 9.50. The van der Waals surface area contributed by atoms with Gasteiger partial charge in [0.05, 0.1) is 5.56 Å². The highest BCUT2D eigenvalue weighted by Gasteiger charge is 2.29. The third-order valence-corrected chi connectivity index (χ3v) is 3.83. The van der Waals surface area contributed by atoms with Crippen LogP contribution in [-0.2, 0) is 0 Å². The number of hydrogen-bond donors (Lipinski definition) is 2.